The van der Waals surface area contributed by atoms with Gasteiger partial charge in [-0.25, -0.2) is 14.4 Å². The summed E-state index contributed by atoms with van der Waals surface area (Å²) < 4.78 is 24.5. The van der Waals surface area contributed by atoms with Gasteiger partial charge in [-0.15, -0.1) is 0 Å². The molecule has 150 valence electrons. The largest absolute Gasteiger partial charge is 0.480 e. The van der Waals surface area contributed by atoms with Gasteiger partial charge in [0.05, 0.1) is 19.5 Å². The smallest absolute Gasteiger partial charge is 0.279 e. The molecule has 8 nitrogen and oxygen atoms in total. The van der Waals surface area contributed by atoms with Crippen molar-refractivity contribution in [1.82, 2.24) is 9.97 Å². The summed E-state index contributed by atoms with van der Waals surface area (Å²) in [7, 11) is 1.45. The highest BCUT2D eigenvalue weighted by Crippen LogP contribution is 2.31. The van der Waals surface area contributed by atoms with Crippen molar-refractivity contribution in [3.8, 4) is 5.88 Å². The molecule has 28 heavy (non-hydrogen) atoms. The number of nitrogens with one attached hydrogen (secondary N) is 2. The predicted molar refractivity (Wildman–Crippen MR) is 103 cm³/mol. The molecule has 3 atom stereocenters. The molecule has 1 heterocycles. The number of aromatic nitrogens is 2. The van der Waals surface area contributed by atoms with E-state index < -0.39 is 11.7 Å². The van der Waals surface area contributed by atoms with Crippen LogP contribution in [0, 0.1) is 17.1 Å². The maximum atomic E-state index is 14.4. The molecular formula is C19H24FN5O3. The monoisotopic (exact) mass is 389 g/mol. The van der Waals surface area contributed by atoms with E-state index in [4.69, 9.17) is 20.6 Å². The lowest BCUT2D eigenvalue weighted by Gasteiger charge is -2.27. The molecule has 9 heteroatoms. The van der Waals surface area contributed by atoms with Crippen LogP contribution >= 0.6 is 0 Å². The van der Waals surface area contributed by atoms with E-state index >= 15 is 0 Å². The van der Waals surface area contributed by atoms with Crippen molar-refractivity contribution in [3.63, 3.8) is 0 Å². The van der Waals surface area contributed by atoms with Crippen LogP contribution in [0.1, 0.15) is 42.7 Å². The second-order valence-electron chi connectivity index (χ2n) is 6.47. The van der Waals surface area contributed by atoms with Crippen LogP contribution in [-0.4, -0.2) is 35.1 Å². The van der Waals surface area contributed by atoms with Crippen LogP contribution in [-0.2, 0) is 4.74 Å². The van der Waals surface area contributed by atoms with Gasteiger partial charge in [0, 0.05) is 5.69 Å². The number of amidine groups is 1. The summed E-state index contributed by atoms with van der Waals surface area (Å²) >= 11 is 0. The van der Waals surface area contributed by atoms with Gasteiger partial charge in [0.2, 0.25) is 5.88 Å². The molecule has 1 amide bonds. The number of halogens is 1. The topological polar surface area (TPSA) is 123 Å². The molecule has 0 spiro atoms. The number of rotatable bonds is 7. The molecule has 1 unspecified atom stereocenters. The van der Waals surface area contributed by atoms with Gasteiger partial charge < -0.3 is 20.5 Å². The van der Waals surface area contributed by atoms with Gasteiger partial charge in [-0.1, -0.05) is 13.8 Å². The Morgan fingerprint density at radius 1 is 1.25 bits per heavy atom. The quantitative estimate of drug-likeness (QED) is 0.494. The fourth-order valence-corrected chi connectivity index (χ4v) is 2.70. The summed E-state index contributed by atoms with van der Waals surface area (Å²) in [4.78, 5) is 20.3. The van der Waals surface area contributed by atoms with E-state index in [1.165, 1.54) is 31.6 Å². The fraction of sp³-hybridized carbons (Fsp3) is 0.368. The van der Waals surface area contributed by atoms with Crippen LogP contribution < -0.4 is 15.8 Å². The van der Waals surface area contributed by atoms with Gasteiger partial charge in [-0.3, -0.25) is 10.2 Å². The predicted octanol–water partition coefficient (Wildman–Crippen LogP) is 2.91. The molecule has 0 aliphatic rings. The van der Waals surface area contributed by atoms with Gasteiger partial charge in [0.15, 0.2) is 0 Å². The molecule has 2 aromatic rings. The van der Waals surface area contributed by atoms with Gasteiger partial charge >= 0.3 is 0 Å². The van der Waals surface area contributed by atoms with Crippen LogP contribution in [0.2, 0.25) is 0 Å². The van der Waals surface area contributed by atoms with Crippen LogP contribution in [0.25, 0.3) is 0 Å². The number of nitrogens with two attached hydrogens (primary N) is 1. The Labute approximate surface area is 162 Å². The van der Waals surface area contributed by atoms with Crippen LogP contribution in [0.3, 0.4) is 0 Å². The summed E-state index contributed by atoms with van der Waals surface area (Å²) in [5.41, 5.74) is 6.23. The van der Waals surface area contributed by atoms with Crippen LogP contribution in [0.4, 0.5) is 10.1 Å². The fourth-order valence-electron chi connectivity index (χ4n) is 2.70. The third-order valence-electron chi connectivity index (χ3n) is 4.66. The van der Waals surface area contributed by atoms with E-state index in [1.54, 1.807) is 13.0 Å². The molecule has 2 rings (SSSR count). The Morgan fingerprint density at radius 2 is 1.96 bits per heavy atom. The first-order chi connectivity index (χ1) is 13.2. The molecule has 0 aliphatic carbocycles. The zero-order valence-corrected chi connectivity index (χ0v) is 16.2. The van der Waals surface area contributed by atoms with E-state index in [0.29, 0.717) is 17.1 Å². The molecule has 1 aromatic carbocycles. The zero-order valence-electron chi connectivity index (χ0n) is 16.2. The molecule has 4 N–H and O–H groups in total. The molecule has 1 aromatic heterocycles. The van der Waals surface area contributed by atoms with Crippen molar-refractivity contribution in [2.45, 2.75) is 32.8 Å². The Bertz CT molecular complexity index is 844. The van der Waals surface area contributed by atoms with Crippen molar-refractivity contribution in [1.29, 1.82) is 5.41 Å². The average molecular weight is 389 g/mol. The van der Waals surface area contributed by atoms with Crippen molar-refractivity contribution in [2.75, 3.05) is 12.4 Å². The van der Waals surface area contributed by atoms with Crippen molar-refractivity contribution >= 4 is 17.6 Å². The highest BCUT2D eigenvalue weighted by Gasteiger charge is 2.25. The first-order valence-electron chi connectivity index (χ1n) is 8.70. The minimum absolute atomic E-state index is 0.108. The second kappa shape index (κ2) is 9.12. The first-order valence-corrected chi connectivity index (χ1v) is 8.70. The number of hydrogen-bond donors (Lipinski definition) is 3. The second-order valence-corrected chi connectivity index (χ2v) is 6.47. The summed E-state index contributed by atoms with van der Waals surface area (Å²) in [6.45, 7) is 5.51. The van der Waals surface area contributed by atoms with E-state index in [2.05, 4.69) is 15.3 Å². The molecule has 0 radical (unpaired) electrons. The van der Waals surface area contributed by atoms with Gasteiger partial charge in [-0.2, -0.15) is 0 Å². The molecule has 0 fully saturated rings. The van der Waals surface area contributed by atoms with Gasteiger partial charge in [0.1, 0.15) is 17.6 Å². The number of hydrogen-bond acceptors (Lipinski definition) is 6. The summed E-state index contributed by atoms with van der Waals surface area (Å²) in [6, 6.07) is 3.96. The molecule has 0 bridgehead atoms. The summed E-state index contributed by atoms with van der Waals surface area (Å²) in [5.74, 6) is -0.938. The maximum Gasteiger partial charge on any atom is 0.279 e. The minimum atomic E-state index is -0.471. The number of carbonyl (C=O) groups is 1. The minimum Gasteiger partial charge on any atom is -0.480 e. The number of anilines is 1. The third kappa shape index (κ3) is 5.15. The average Bonchev–Trinajstić information content (AvgIpc) is 2.67. The highest BCUT2D eigenvalue weighted by atomic mass is 19.1. The molecule has 0 saturated carbocycles. The van der Waals surface area contributed by atoms with Gasteiger partial charge in [0.25, 0.3) is 11.9 Å². The van der Waals surface area contributed by atoms with Crippen LogP contribution in [0.15, 0.2) is 30.6 Å². The lowest BCUT2D eigenvalue weighted by molar-refractivity contribution is 0.102. The van der Waals surface area contributed by atoms with Crippen LogP contribution in [0.5, 0.6) is 5.88 Å². The van der Waals surface area contributed by atoms with Crippen molar-refractivity contribution in [3.05, 3.63) is 47.7 Å². The number of amides is 1. The molecular weight excluding hydrogens is 365 g/mol. The number of nitrogens with zero attached hydrogens (tertiary/aromatic N) is 2. The van der Waals surface area contributed by atoms with Crippen molar-refractivity contribution < 1.29 is 18.7 Å². The maximum absolute atomic E-state index is 14.4. The molecule has 0 aliphatic heterocycles. The molecule has 0 saturated heterocycles. The Hall–Kier alpha value is -3.23. The van der Waals surface area contributed by atoms with E-state index in [1.807, 2.05) is 13.8 Å². The normalized spacial score (nSPS) is 13.9. The number of ether oxygens (including phenoxy) is 2. The Balaban J connectivity index is 2.17. The number of benzene rings is 1. The zero-order chi connectivity index (χ0) is 20.8. The van der Waals surface area contributed by atoms with E-state index in [0.717, 1.165) is 0 Å². The van der Waals surface area contributed by atoms with E-state index in [-0.39, 0.29) is 29.7 Å². The lowest BCUT2D eigenvalue weighted by Crippen LogP contribution is -2.29. The highest BCUT2D eigenvalue weighted by molar-refractivity contribution is 6.02. The number of carbonyl (C=O) groups excluding carboxylic acids is 1. The Kier molecular flexibility index (Phi) is 6.86. The SMILES string of the molecule is COc1cnc(C(=O)Nc2ccc(F)c([C@@H](C)[C@H](C)C(C)OC(=N)N)c2)cn1. The van der Waals surface area contributed by atoms with Crippen molar-refractivity contribution in [2.24, 2.45) is 11.7 Å². The standard InChI is InChI=1S/C19H24FN5O3/c1-10(12(3)28-19(21)22)11(2)14-7-13(5-6-15(14)20)25-18(26)16-8-24-17(27-4)9-23-16/h5-12H,1-4H3,(H3,21,22)(H,25,26)/t10-,11-,12?/m0/s1. The number of methoxy groups -OCH3 is 1. The first kappa shape index (κ1) is 21.1. The summed E-state index contributed by atoms with van der Waals surface area (Å²) in [6.07, 6.45) is 2.26. The summed E-state index contributed by atoms with van der Waals surface area (Å²) in [5, 5.41) is 9.92. The Morgan fingerprint density at radius 3 is 2.54 bits per heavy atom. The third-order valence-corrected chi connectivity index (χ3v) is 4.66. The van der Waals surface area contributed by atoms with E-state index in [9.17, 15) is 9.18 Å². The lowest BCUT2D eigenvalue weighted by atomic mass is 9.85. The van der Waals surface area contributed by atoms with Gasteiger partial charge in [-0.05, 0) is 42.5 Å².